The van der Waals surface area contributed by atoms with Gasteiger partial charge in [0.15, 0.2) is 0 Å². The number of hydrogen-bond donors (Lipinski definition) is 1. The summed E-state index contributed by atoms with van der Waals surface area (Å²) in [6.07, 6.45) is 0. The van der Waals surface area contributed by atoms with Crippen LogP contribution < -0.4 is 10.1 Å². The van der Waals surface area contributed by atoms with E-state index >= 15 is 0 Å². The van der Waals surface area contributed by atoms with E-state index in [-0.39, 0.29) is 12.5 Å². The summed E-state index contributed by atoms with van der Waals surface area (Å²) in [7, 11) is 1.58. The summed E-state index contributed by atoms with van der Waals surface area (Å²) in [6.45, 7) is 1.99. The molecule has 7 nitrogen and oxygen atoms in total. The molecule has 0 radical (unpaired) electrons. The number of aryl methyl sites for hydroxylation is 1. The van der Waals surface area contributed by atoms with Crippen molar-refractivity contribution in [2.75, 3.05) is 12.4 Å². The average Bonchev–Trinajstić information content (AvgIpc) is 3.04. The quantitative estimate of drug-likeness (QED) is 0.779. The van der Waals surface area contributed by atoms with Gasteiger partial charge in [0.05, 0.1) is 7.11 Å². The molecule has 3 rings (SSSR count). The van der Waals surface area contributed by atoms with Crippen molar-refractivity contribution >= 4 is 11.6 Å². The number of nitrogens with one attached hydrogen (secondary N) is 1. The summed E-state index contributed by atoms with van der Waals surface area (Å²) in [5.41, 5.74) is 2.67. The van der Waals surface area contributed by atoms with E-state index in [9.17, 15) is 4.79 Å². The van der Waals surface area contributed by atoms with Gasteiger partial charge in [-0.3, -0.25) is 4.79 Å². The molecule has 0 bridgehead atoms. The number of carbonyl (C=O) groups excluding carboxylic acids is 1. The van der Waals surface area contributed by atoms with Gasteiger partial charge in [-0.15, -0.1) is 10.2 Å². The van der Waals surface area contributed by atoms with Crippen molar-refractivity contribution in [3.63, 3.8) is 0 Å². The number of amides is 1. The Bertz CT molecular complexity index is 842. The number of hydrogen-bond acceptors (Lipinski definition) is 5. The van der Waals surface area contributed by atoms with Crippen molar-refractivity contribution in [2.24, 2.45) is 0 Å². The second-order valence-corrected chi connectivity index (χ2v) is 5.29. The molecule has 2 aromatic carbocycles. The van der Waals surface area contributed by atoms with E-state index in [0.29, 0.717) is 17.3 Å². The van der Waals surface area contributed by atoms with Crippen LogP contribution in [0.2, 0.25) is 0 Å². The van der Waals surface area contributed by atoms with Crippen LogP contribution in [0.3, 0.4) is 0 Å². The molecule has 0 fully saturated rings. The van der Waals surface area contributed by atoms with Crippen LogP contribution in [0.15, 0.2) is 48.5 Å². The second kappa shape index (κ2) is 6.91. The fourth-order valence-corrected chi connectivity index (χ4v) is 2.16. The third kappa shape index (κ3) is 3.75. The fraction of sp³-hybridized carbons (Fsp3) is 0.176. The topological polar surface area (TPSA) is 81.9 Å². The molecule has 24 heavy (non-hydrogen) atoms. The standard InChI is InChI=1S/C17H17N5O2/c1-12-6-8-13(9-7-12)17-19-21-22(20-17)11-16(23)18-14-4-3-5-15(10-14)24-2/h3-10H,11H2,1-2H3,(H,18,23). The maximum atomic E-state index is 12.1. The Morgan fingerprint density at radius 2 is 2.00 bits per heavy atom. The van der Waals surface area contributed by atoms with Gasteiger partial charge < -0.3 is 10.1 Å². The highest BCUT2D eigenvalue weighted by atomic mass is 16.5. The number of benzene rings is 2. The van der Waals surface area contributed by atoms with Gasteiger partial charge in [-0.2, -0.15) is 4.80 Å². The predicted octanol–water partition coefficient (Wildman–Crippen LogP) is 2.30. The Hall–Kier alpha value is -3.22. The number of aromatic nitrogens is 4. The van der Waals surface area contributed by atoms with Crippen LogP contribution in [0.1, 0.15) is 5.56 Å². The molecule has 0 unspecified atom stereocenters. The molecule has 1 N–H and O–H groups in total. The van der Waals surface area contributed by atoms with Gasteiger partial charge in [-0.1, -0.05) is 35.9 Å². The second-order valence-electron chi connectivity index (χ2n) is 5.29. The number of nitrogens with zero attached hydrogens (tertiary/aromatic N) is 4. The van der Waals surface area contributed by atoms with Crippen LogP contribution in [0.5, 0.6) is 5.75 Å². The third-order valence-corrected chi connectivity index (χ3v) is 3.40. The van der Waals surface area contributed by atoms with Gasteiger partial charge in [0.1, 0.15) is 12.3 Å². The summed E-state index contributed by atoms with van der Waals surface area (Å²) in [5.74, 6) is 0.925. The maximum Gasteiger partial charge on any atom is 0.248 e. The molecule has 1 heterocycles. The van der Waals surface area contributed by atoms with Crippen molar-refractivity contribution in [3.05, 3.63) is 54.1 Å². The van der Waals surface area contributed by atoms with Crippen LogP contribution in [-0.4, -0.2) is 33.2 Å². The maximum absolute atomic E-state index is 12.1. The molecule has 7 heteroatoms. The first-order valence-corrected chi connectivity index (χ1v) is 7.43. The SMILES string of the molecule is COc1cccc(NC(=O)Cn2nnc(-c3ccc(C)cc3)n2)c1. The highest BCUT2D eigenvalue weighted by Gasteiger charge is 2.10. The molecule has 0 atom stereocenters. The highest BCUT2D eigenvalue weighted by Crippen LogP contribution is 2.17. The lowest BCUT2D eigenvalue weighted by Gasteiger charge is -2.06. The molecular weight excluding hydrogens is 306 g/mol. The predicted molar refractivity (Wildman–Crippen MR) is 89.6 cm³/mol. The van der Waals surface area contributed by atoms with Crippen LogP contribution >= 0.6 is 0 Å². The van der Waals surface area contributed by atoms with E-state index in [1.807, 2.05) is 37.3 Å². The van der Waals surface area contributed by atoms with Crippen LogP contribution in [0.4, 0.5) is 5.69 Å². The van der Waals surface area contributed by atoms with Crippen molar-refractivity contribution in [2.45, 2.75) is 13.5 Å². The molecule has 0 saturated heterocycles. The zero-order valence-electron chi connectivity index (χ0n) is 13.4. The first-order chi connectivity index (χ1) is 11.6. The average molecular weight is 323 g/mol. The van der Waals surface area contributed by atoms with Crippen molar-refractivity contribution in [1.29, 1.82) is 0 Å². The lowest BCUT2D eigenvalue weighted by atomic mass is 10.1. The van der Waals surface area contributed by atoms with Crippen LogP contribution in [0, 0.1) is 6.92 Å². The van der Waals surface area contributed by atoms with Gasteiger partial charge >= 0.3 is 0 Å². The van der Waals surface area contributed by atoms with E-state index in [1.54, 1.807) is 25.3 Å². The summed E-state index contributed by atoms with van der Waals surface area (Å²) in [5, 5.41) is 14.9. The molecule has 0 aliphatic heterocycles. The Morgan fingerprint density at radius 3 is 2.75 bits per heavy atom. The lowest BCUT2D eigenvalue weighted by Crippen LogP contribution is -2.20. The monoisotopic (exact) mass is 323 g/mol. The summed E-state index contributed by atoms with van der Waals surface area (Å²) >= 11 is 0. The van der Waals surface area contributed by atoms with Gasteiger partial charge in [-0.05, 0) is 24.3 Å². The molecule has 0 aliphatic rings. The first-order valence-electron chi connectivity index (χ1n) is 7.43. The summed E-state index contributed by atoms with van der Waals surface area (Å²) in [6, 6.07) is 14.9. The molecule has 1 amide bonds. The summed E-state index contributed by atoms with van der Waals surface area (Å²) < 4.78 is 5.12. The van der Waals surface area contributed by atoms with Gasteiger partial charge in [-0.25, -0.2) is 0 Å². The van der Waals surface area contributed by atoms with E-state index in [1.165, 1.54) is 4.80 Å². The fourth-order valence-electron chi connectivity index (χ4n) is 2.16. The highest BCUT2D eigenvalue weighted by molar-refractivity contribution is 5.90. The number of rotatable bonds is 5. The molecule has 3 aromatic rings. The van der Waals surface area contributed by atoms with Crippen molar-refractivity contribution < 1.29 is 9.53 Å². The van der Waals surface area contributed by atoms with E-state index < -0.39 is 0 Å². The van der Waals surface area contributed by atoms with E-state index in [4.69, 9.17) is 4.74 Å². The molecule has 1 aromatic heterocycles. The summed E-state index contributed by atoms with van der Waals surface area (Å²) in [4.78, 5) is 13.4. The minimum absolute atomic E-state index is 0.0178. The van der Waals surface area contributed by atoms with Gasteiger partial charge in [0.2, 0.25) is 11.7 Å². The van der Waals surface area contributed by atoms with Crippen molar-refractivity contribution in [3.8, 4) is 17.1 Å². The van der Waals surface area contributed by atoms with Crippen LogP contribution in [-0.2, 0) is 11.3 Å². The minimum atomic E-state index is -0.240. The molecule has 0 aliphatic carbocycles. The molecule has 122 valence electrons. The van der Waals surface area contributed by atoms with Crippen molar-refractivity contribution in [1.82, 2.24) is 20.2 Å². The number of methoxy groups -OCH3 is 1. The van der Waals surface area contributed by atoms with Gasteiger partial charge in [0.25, 0.3) is 0 Å². The molecular formula is C17H17N5O2. The Kier molecular flexibility index (Phi) is 4.51. The number of ether oxygens (including phenoxy) is 1. The van der Waals surface area contributed by atoms with Crippen LogP contribution in [0.25, 0.3) is 11.4 Å². The zero-order valence-corrected chi connectivity index (χ0v) is 13.4. The number of anilines is 1. The number of carbonyl (C=O) groups is 1. The smallest absolute Gasteiger partial charge is 0.248 e. The molecule has 0 saturated carbocycles. The Balaban J connectivity index is 1.65. The Labute approximate surface area is 139 Å². The van der Waals surface area contributed by atoms with E-state index in [0.717, 1.165) is 11.1 Å². The Morgan fingerprint density at radius 1 is 1.21 bits per heavy atom. The first kappa shape index (κ1) is 15.7. The van der Waals surface area contributed by atoms with Gasteiger partial charge in [0, 0.05) is 17.3 Å². The number of tetrazole rings is 1. The molecule has 0 spiro atoms. The normalized spacial score (nSPS) is 10.4. The minimum Gasteiger partial charge on any atom is -0.497 e. The third-order valence-electron chi connectivity index (χ3n) is 3.40. The lowest BCUT2D eigenvalue weighted by molar-refractivity contribution is -0.117. The van der Waals surface area contributed by atoms with E-state index in [2.05, 4.69) is 20.7 Å². The zero-order chi connectivity index (χ0) is 16.9. The largest absolute Gasteiger partial charge is 0.497 e.